The Morgan fingerprint density at radius 1 is 1.33 bits per heavy atom. The number of benzene rings is 1. The fraction of sp³-hybridized carbons (Fsp3) is 0.357. The summed E-state index contributed by atoms with van der Waals surface area (Å²) < 4.78 is 2.99. The Hall–Kier alpha value is -1.29. The van der Waals surface area contributed by atoms with Crippen molar-refractivity contribution in [2.75, 3.05) is 5.73 Å². The van der Waals surface area contributed by atoms with Gasteiger partial charge >= 0.3 is 0 Å². The van der Waals surface area contributed by atoms with Crippen LogP contribution in [0.3, 0.4) is 0 Å². The van der Waals surface area contributed by atoms with E-state index in [4.69, 9.17) is 5.73 Å². The van der Waals surface area contributed by atoms with Crippen LogP contribution in [0.4, 0.5) is 5.69 Å². The van der Waals surface area contributed by atoms with Crippen LogP contribution in [-0.2, 0) is 13.0 Å². The quantitative estimate of drug-likeness (QED) is 0.883. The van der Waals surface area contributed by atoms with E-state index in [-0.39, 0.29) is 0 Å². The van der Waals surface area contributed by atoms with E-state index in [2.05, 4.69) is 52.5 Å². The number of halogens is 1. The van der Waals surface area contributed by atoms with Crippen LogP contribution in [0.25, 0.3) is 0 Å². The van der Waals surface area contributed by atoms with E-state index in [1.165, 1.54) is 16.8 Å². The number of nitrogens with two attached hydrogens (primary N) is 1. The predicted molar refractivity (Wildman–Crippen MR) is 78.7 cm³/mol. The van der Waals surface area contributed by atoms with Crippen LogP contribution in [0.2, 0.25) is 0 Å². The SMILES string of the molecule is CCc1c(C)nn(Cc2ccc(Br)c(N)c2)c1C. The summed E-state index contributed by atoms with van der Waals surface area (Å²) in [4.78, 5) is 0. The first-order valence-corrected chi connectivity index (χ1v) is 6.89. The Morgan fingerprint density at radius 2 is 2.06 bits per heavy atom. The van der Waals surface area contributed by atoms with E-state index in [1.54, 1.807) is 0 Å². The monoisotopic (exact) mass is 307 g/mol. The molecule has 0 aliphatic heterocycles. The highest BCUT2D eigenvalue weighted by Gasteiger charge is 2.10. The molecular weight excluding hydrogens is 290 g/mol. The lowest BCUT2D eigenvalue weighted by Crippen LogP contribution is -2.05. The van der Waals surface area contributed by atoms with Crippen LogP contribution < -0.4 is 5.73 Å². The summed E-state index contributed by atoms with van der Waals surface area (Å²) in [7, 11) is 0. The molecule has 0 aliphatic rings. The Kier molecular flexibility index (Phi) is 3.76. The Balaban J connectivity index is 2.31. The fourth-order valence-corrected chi connectivity index (χ4v) is 2.51. The molecule has 0 aliphatic carbocycles. The summed E-state index contributed by atoms with van der Waals surface area (Å²) in [6, 6.07) is 6.05. The van der Waals surface area contributed by atoms with Gasteiger partial charge in [0.05, 0.1) is 12.2 Å². The van der Waals surface area contributed by atoms with Gasteiger partial charge in [0.1, 0.15) is 0 Å². The Bertz CT molecular complexity index is 573. The van der Waals surface area contributed by atoms with Crippen molar-refractivity contribution in [2.24, 2.45) is 0 Å². The second-order valence-corrected chi connectivity index (χ2v) is 5.37. The van der Waals surface area contributed by atoms with Gasteiger partial charge in [-0.05, 0) is 59.5 Å². The van der Waals surface area contributed by atoms with Crippen molar-refractivity contribution in [1.82, 2.24) is 9.78 Å². The normalized spacial score (nSPS) is 10.9. The van der Waals surface area contributed by atoms with Crippen LogP contribution >= 0.6 is 15.9 Å². The molecule has 96 valence electrons. The van der Waals surface area contributed by atoms with Gasteiger partial charge in [0.2, 0.25) is 0 Å². The minimum absolute atomic E-state index is 0.768. The van der Waals surface area contributed by atoms with Gasteiger partial charge in [-0.2, -0.15) is 5.10 Å². The summed E-state index contributed by atoms with van der Waals surface area (Å²) in [5.74, 6) is 0. The molecule has 18 heavy (non-hydrogen) atoms. The van der Waals surface area contributed by atoms with Crippen molar-refractivity contribution in [3.05, 3.63) is 45.2 Å². The molecule has 0 bridgehead atoms. The van der Waals surface area contributed by atoms with Gasteiger partial charge in [0.15, 0.2) is 0 Å². The average Bonchev–Trinajstić information content (AvgIpc) is 2.59. The van der Waals surface area contributed by atoms with Crippen LogP contribution in [0.5, 0.6) is 0 Å². The minimum atomic E-state index is 0.768. The number of anilines is 1. The van der Waals surface area contributed by atoms with Gasteiger partial charge in [-0.1, -0.05) is 13.0 Å². The Morgan fingerprint density at radius 3 is 2.61 bits per heavy atom. The zero-order valence-electron chi connectivity index (χ0n) is 11.0. The topological polar surface area (TPSA) is 43.8 Å². The summed E-state index contributed by atoms with van der Waals surface area (Å²) in [5, 5.41) is 4.59. The lowest BCUT2D eigenvalue weighted by atomic mass is 10.1. The van der Waals surface area contributed by atoms with Gasteiger partial charge in [-0.3, -0.25) is 4.68 Å². The number of aromatic nitrogens is 2. The molecule has 2 rings (SSSR count). The molecule has 0 amide bonds. The first kappa shape index (κ1) is 13.1. The third kappa shape index (κ3) is 2.43. The second kappa shape index (κ2) is 5.14. The molecule has 2 aromatic rings. The number of aryl methyl sites for hydroxylation is 1. The maximum atomic E-state index is 5.90. The van der Waals surface area contributed by atoms with Gasteiger partial charge in [0, 0.05) is 15.9 Å². The lowest BCUT2D eigenvalue weighted by molar-refractivity contribution is 0.658. The standard InChI is InChI=1S/C14H18BrN3/c1-4-12-9(2)17-18(10(12)3)8-11-5-6-13(15)14(16)7-11/h5-7H,4,8,16H2,1-3H3. The fourth-order valence-electron chi connectivity index (χ4n) is 2.26. The molecule has 0 atom stereocenters. The molecule has 0 saturated heterocycles. The zero-order valence-corrected chi connectivity index (χ0v) is 12.6. The van der Waals surface area contributed by atoms with Crippen molar-refractivity contribution in [3.63, 3.8) is 0 Å². The second-order valence-electron chi connectivity index (χ2n) is 4.52. The number of hydrogen-bond acceptors (Lipinski definition) is 2. The largest absolute Gasteiger partial charge is 0.398 e. The molecule has 0 spiro atoms. The number of nitrogen functional groups attached to an aromatic ring is 1. The molecule has 1 heterocycles. The molecular formula is C14H18BrN3. The van der Waals surface area contributed by atoms with Crippen LogP contribution in [0.1, 0.15) is 29.4 Å². The summed E-state index contributed by atoms with van der Waals surface area (Å²) in [5.41, 5.74) is 11.6. The zero-order chi connectivity index (χ0) is 13.3. The van der Waals surface area contributed by atoms with Gasteiger partial charge in [-0.15, -0.1) is 0 Å². The smallest absolute Gasteiger partial charge is 0.0663 e. The predicted octanol–water partition coefficient (Wildman–Crippen LogP) is 3.46. The lowest BCUT2D eigenvalue weighted by Gasteiger charge is -2.07. The van der Waals surface area contributed by atoms with Gasteiger partial charge in [-0.25, -0.2) is 0 Å². The highest BCUT2D eigenvalue weighted by Crippen LogP contribution is 2.21. The molecule has 0 radical (unpaired) electrons. The first-order valence-electron chi connectivity index (χ1n) is 6.09. The van der Waals surface area contributed by atoms with E-state index in [9.17, 15) is 0 Å². The highest BCUT2D eigenvalue weighted by molar-refractivity contribution is 9.10. The van der Waals surface area contributed by atoms with Crippen LogP contribution in [0, 0.1) is 13.8 Å². The van der Waals surface area contributed by atoms with Crippen LogP contribution in [0.15, 0.2) is 22.7 Å². The summed E-state index contributed by atoms with van der Waals surface area (Å²) in [6.07, 6.45) is 1.03. The maximum absolute atomic E-state index is 5.90. The third-order valence-electron chi connectivity index (χ3n) is 3.28. The molecule has 1 aromatic heterocycles. The minimum Gasteiger partial charge on any atom is -0.398 e. The van der Waals surface area contributed by atoms with Crippen LogP contribution in [-0.4, -0.2) is 9.78 Å². The van der Waals surface area contributed by atoms with Crippen molar-refractivity contribution < 1.29 is 0 Å². The number of rotatable bonds is 3. The van der Waals surface area contributed by atoms with Crippen molar-refractivity contribution in [1.29, 1.82) is 0 Å². The molecule has 1 aromatic carbocycles. The maximum Gasteiger partial charge on any atom is 0.0663 e. The summed E-state index contributed by atoms with van der Waals surface area (Å²) >= 11 is 3.41. The molecule has 4 heteroatoms. The van der Waals surface area contributed by atoms with E-state index in [0.717, 1.165) is 28.8 Å². The van der Waals surface area contributed by atoms with Crippen molar-refractivity contribution >= 4 is 21.6 Å². The molecule has 0 unspecified atom stereocenters. The highest BCUT2D eigenvalue weighted by atomic mass is 79.9. The van der Waals surface area contributed by atoms with Gasteiger partial charge in [0.25, 0.3) is 0 Å². The first-order chi connectivity index (χ1) is 8.52. The van der Waals surface area contributed by atoms with E-state index in [1.807, 2.05) is 12.1 Å². The third-order valence-corrected chi connectivity index (χ3v) is 4.00. The number of nitrogens with zero attached hydrogens (tertiary/aromatic N) is 2. The van der Waals surface area contributed by atoms with E-state index < -0.39 is 0 Å². The van der Waals surface area contributed by atoms with E-state index in [0.29, 0.717) is 0 Å². The number of hydrogen-bond donors (Lipinski definition) is 1. The van der Waals surface area contributed by atoms with Crippen molar-refractivity contribution in [3.8, 4) is 0 Å². The summed E-state index contributed by atoms with van der Waals surface area (Å²) in [6.45, 7) is 7.13. The van der Waals surface area contributed by atoms with Crippen molar-refractivity contribution in [2.45, 2.75) is 33.7 Å². The Labute approximate surface area is 116 Å². The molecule has 0 fully saturated rings. The van der Waals surface area contributed by atoms with Gasteiger partial charge < -0.3 is 5.73 Å². The van der Waals surface area contributed by atoms with E-state index >= 15 is 0 Å². The molecule has 2 N–H and O–H groups in total. The average molecular weight is 308 g/mol. The molecule has 0 saturated carbocycles. The molecule has 3 nitrogen and oxygen atoms in total.